The average molecular weight is 252 g/mol. The monoisotopic (exact) mass is 252 g/mol. The van der Waals surface area contributed by atoms with E-state index in [1.165, 1.54) is 77.7 Å². The van der Waals surface area contributed by atoms with Crippen LogP contribution in [0.5, 0.6) is 0 Å². The first-order valence-corrected chi connectivity index (χ1v) is 8.13. The van der Waals surface area contributed by atoms with Gasteiger partial charge in [-0.25, -0.2) is 0 Å². The van der Waals surface area contributed by atoms with Crippen LogP contribution in [0.15, 0.2) is 0 Å². The molecule has 2 rings (SSSR count). The first kappa shape index (κ1) is 14.3. The maximum Gasteiger partial charge on any atom is 0.0107 e. The summed E-state index contributed by atoms with van der Waals surface area (Å²) in [5.74, 6) is 0.829. The first-order valence-electron chi connectivity index (χ1n) is 8.13. The zero-order valence-electron chi connectivity index (χ0n) is 12.5. The van der Waals surface area contributed by atoms with Gasteiger partial charge in [0.2, 0.25) is 0 Å². The van der Waals surface area contributed by atoms with Crippen LogP contribution in [0, 0.1) is 11.3 Å². The molecule has 106 valence electrons. The summed E-state index contributed by atoms with van der Waals surface area (Å²) in [4.78, 5) is 2.70. The van der Waals surface area contributed by atoms with E-state index in [0.717, 1.165) is 11.3 Å². The molecule has 2 heteroatoms. The molecule has 1 heterocycles. The highest BCUT2D eigenvalue weighted by Gasteiger charge is 2.38. The molecule has 1 N–H and O–H groups in total. The van der Waals surface area contributed by atoms with Crippen molar-refractivity contribution in [1.29, 1.82) is 0 Å². The van der Waals surface area contributed by atoms with Gasteiger partial charge in [-0.2, -0.15) is 0 Å². The first-order chi connectivity index (χ1) is 8.70. The fourth-order valence-electron chi connectivity index (χ4n) is 3.68. The van der Waals surface area contributed by atoms with Crippen LogP contribution in [0.25, 0.3) is 0 Å². The van der Waals surface area contributed by atoms with Crippen LogP contribution >= 0.6 is 0 Å². The molecule has 1 saturated carbocycles. The number of likely N-dealkylation sites (tertiary alicyclic amines) is 1. The number of hydrogen-bond acceptors (Lipinski definition) is 2. The van der Waals surface area contributed by atoms with Gasteiger partial charge in [0, 0.05) is 19.6 Å². The lowest BCUT2D eigenvalue weighted by Crippen LogP contribution is -2.34. The maximum absolute atomic E-state index is 3.59. The van der Waals surface area contributed by atoms with Crippen molar-refractivity contribution in [2.45, 2.75) is 58.8 Å². The summed E-state index contributed by atoms with van der Waals surface area (Å²) in [5.41, 5.74) is 0.732. The Balaban J connectivity index is 1.58. The third kappa shape index (κ3) is 4.24. The van der Waals surface area contributed by atoms with Crippen LogP contribution in [0.4, 0.5) is 0 Å². The Hall–Kier alpha value is -0.0800. The summed E-state index contributed by atoms with van der Waals surface area (Å²) in [7, 11) is 0. The molecular formula is C16H32N2. The average Bonchev–Trinajstić information content (AvgIpc) is 2.72. The van der Waals surface area contributed by atoms with Gasteiger partial charge in [-0.1, -0.05) is 33.1 Å². The summed E-state index contributed by atoms with van der Waals surface area (Å²) in [6.07, 6.45) is 10.2. The van der Waals surface area contributed by atoms with E-state index in [1.54, 1.807) is 0 Å². The predicted octanol–water partition coefficient (Wildman–Crippen LogP) is 3.28. The van der Waals surface area contributed by atoms with Gasteiger partial charge in [0.25, 0.3) is 0 Å². The van der Waals surface area contributed by atoms with Crippen molar-refractivity contribution in [3.05, 3.63) is 0 Å². The molecule has 0 aromatic heterocycles. The molecule has 2 fully saturated rings. The molecular weight excluding hydrogens is 220 g/mol. The molecule has 0 radical (unpaired) electrons. The Morgan fingerprint density at radius 1 is 1.06 bits per heavy atom. The SMILES string of the molecule is CC(C)CCNCCN1CCC2(CCCCC2)C1. The van der Waals surface area contributed by atoms with Crippen LogP contribution in [0.2, 0.25) is 0 Å². The van der Waals surface area contributed by atoms with Gasteiger partial charge >= 0.3 is 0 Å². The lowest BCUT2D eigenvalue weighted by Gasteiger charge is -2.33. The number of nitrogens with zero attached hydrogens (tertiary/aromatic N) is 1. The zero-order valence-corrected chi connectivity index (χ0v) is 12.5. The highest BCUT2D eigenvalue weighted by molar-refractivity contribution is 4.91. The smallest absolute Gasteiger partial charge is 0.0107 e. The van der Waals surface area contributed by atoms with Gasteiger partial charge in [0.15, 0.2) is 0 Å². The van der Waals surface area contributed by atoms with Crippen molar-refractivity contribution in [3.8, 4) is 0 Å². The van der Waals surface area contributed by atoms with E-state index in [1.807, 2.05) is 0 Å². The molecule has 1 saturated heterocycles. The van der Waals surface area contributed by atoms with E-state index in [9.17, 15) is 0 Å². The van der Waals surface area contributed by atoms with Crippen molar-refractivity contribution < 1.29 is 0 Å². The van der Waals surface area contributed by atoms with E-state index in [4.69, 9.17) is 0 Å². The number of nitrogens with one attached hydrogen (secondary N) is 1. The van der Waals surface area contributed by atoms with E-state index < -0.39 is 0 Å². The second-order valence-corrected chi connectivity index (χ2v) is 7.02. The normalized spacial score (nSPS) is 24.2. The fourth-order valence-corrected chi connectivity index (χ4v) is 3.68. The minimum absolute atomic E-state index is 0.732. The molecule has 2 aliphatic rings. The molecule has 0 unspecified atom stereocenters. The molecule has 1 aliphatic carbocycles. The minimum Gasteiger partial charge on any atom is -0.315 e. The van der Waals surface area contributed by atoms with Gasteiger partial charge in [0.05, 0.1) is 0 Å². The van der Waals surface area contributed by atoms with Gasteiger partial charge in [-0.15, -0.1) is 0 Å². The van der Waals surface area contributed by atoms with Crippen LogP contribution in [-0.2, 0) is 0 Å². The van der Waals surface area contributed by atoms with Gasteiger partial charge in [-0.05, 0) is 50.1 Å². The van der Waals surface area contributed by atoms with Crippen molar-refractivity contribution >= 4 is 0 Å². The fraction of sp³-hybridized carbons (Fsp3) is 1.00. The van der Waals surface area contributed by atoms with Crippen molar-refractivity contribution in [3.63, 3.8) is 0 Å². The molecule has 1 spiro atoms. The Labute approximate surface area is 114 Å². The van der Waals surface area contributed by atoms with E-state index in [0.29, 0.717) is 0 Å². The molecule has 0 atom stereocenters. The Bertz CT molecular complexity index is 231. The van der Waals surface area contributed by atoms with Crippen molar-refractivity contribution in [2.24, 2.45) is 11.3 Å². The second kappa shape index (κ2) is 6.91. The van der Waals surface area contributed by atoms with E-state index in [2.05, 4.69) is 24.1 Å². The largest absolute Gasteiger partial charge is 0.315 e. The number of rotatable bonds is 6. The summed E-state index contributed by atoms with van der Waals surface area (Å²) >= 11 is 0. The Morgan fingerprint density at radius 3 is 2.56 bits per heavy atom. The Kier molecular flexibility index (Phi) is 5.50. The molecule has 0 aromatic carbocycles. The molecule has 0 bridgehead atoms. The van der Waals surface area contributed by atoms with Crippen LogP contribution in [-0.4, -0.2) is 37.6 Å². The van der Waals surface area contributed by atoms with E-state index in [-0.39, 0.29) is 0 Å². The summed E-state index contributed by atoms with van der Waals surface area (Å²) < 4.78 is 0. The van der Waals surface area contributed by atoms with Gasteiger partial charge in [0.1, 0.15) is 0 Å². The summed E-state index contributed by atoms with van der Waals surface area (Å²) in [6, 6.07) is 0. The molecule has 0 aromatic rings. The van der Waals surface area contributed by atoms with Gasteiger partial charge < -0.3 is 10.2 Å². The highest BCUT2D eigenvalue weighted by Crippen LogP contribution is 2.43. The summed E-state index contributed by atoms with van der Waals surface area (Å²) in [5, 5.41) is 3.59. The van der Waals surface area contributed by atoms with Gasteiger partial charge in [-0.3, -0.25) is 0 Å². The maximum atomic E-state index is 3.59. The third-order valence-electron chi connectivity index (χ3n) is 4.93. The zero-order chi connectivity index (χ0) is 12.8. The van der Waals surface area contributed by atoms with Crippen molar-refractivity contribution in [1.82, 2.24) is 10.2 Å². The van der Waals surface area contributed by atoms with Crippen LogP contribution in [0.1, 0.15) is 58.8 Å². The highest BCUT2D eigenvalue weighted by atomic mass is 15.2. The minimum atomic E-state index is 0.732. The quantitative estimate of drug-likeness (QED) is 0.730. The predicted molar refractivity (Wildman–Crippen MR) is 78.9 cm³/mol. The molecule has 2 nitrogen and oxygen atoms in total. The van der Waals surface area contributed by atoms with E-state index >= 15 is 0 Å². The summed E-state index contributed by atoms with van der Waals surface area (Å²) in [6.45, 7) is 11.0. The molecule has 1 aliphatic heterocycles. The lowest BCUT2D eigenvalue weighted by molar-refractivity contribution is 0.186. The molecule has 0 amide bonds. The second-order valence-electron chi connectivity index (χ2n) is 7.02. The van der Waals surface area contributed by atoms with Crippen LogP contribution < -0.4 is 5.32 Å². The van der Waals surface area contributed by atoms with Crippen molar-refractivity contribution in [2.75, 3.05) is 32.7 Å². The third-order valence-corrected chi connectivity index (χ3v) is 4.93. The standard InChI is InChI=1S/C16H32N2/c1-15(2)6-10-17-11-13-18-12-9-16(14-18)7-4-3-5-8-16/h15,17H,3-14H2,1-2H3. The topological polar surface area (TPSA) is 15.3 Å². The molecule has 18 heavy (non-hydrogen) atoms. The number of hydrogen-bond donors (Lipinski definition) is 1. The lowest BCUT2D eigenvalue weighted by atomic mass is 9.73. The Morgan fingerprint density at radius 2 is 1.83 bits per heavy atom. The van der Waals surface area contributed by atoms with Crippen LogP contribution in [0.3, 0.4) is 0 Å².